The number of benzene rings is 2. The van der Waals surface area contributed by atoms with Gasteiger partial charge in [-0.15, -0.1) is 0 Å². The van der Waals surface area contributed by atoms with Crippen LogP contribution in [0.15, 0.2) is 53.5 Å². The number of rotatable bonds is 3. The molecule has 0 amide bonds. The molecular formula is C19H11ClF2N2O. The zero-order valence-electron chi connectivity index (χ0n) is 12.8. The number of hydrogen-bond acceptors (Lipinski definition) is 2. The molecule has 1 aromatic heterocycles. The van der Waals surface area contributed by atoms with Crippen molar-refractivity contribution in [1.82, 2.24) is 4.98 Å². The van der Waals surface area contributed by atoms with Crippen LogP contribution in [0.5, 0.6) is 0 Å². The van der Waals surface area contributed by atoms with Crippen LogP contribution in [0.25, 0.3) is 11.1 Å². The molecule has 25 heavy (non-hydrogen) atoms. The van der Waals surface area contributed by atoms with Crippen LogP contribution in [0.4, 0.5) is 8.78 Å². The van der Waals surface area contributed by atoms with Crippen LogP contribution in [-0.4, -0.2) is 4.98 Å². The number of halogens is 3. The molecule has 0 atom stereocenters. The molecule has 0 bridgehead atoms. The van der Waals surface area contributed by atoms with Gasteiger partial charge in [0.05, 0.1) is 0 Å². The van der Waals surface area contributed by atoms with E-state index in [1.54, 1.807) is 24.3 Å². The molecule has 0 radical (unpaired) electrons. The van der Waals surface area contributed by atoms with E-state index in [0.29, 0.717) is 22.6 Å². The second kappa shape index (κ2) is 6.88. The van der Waals surface area contributed by atoms with E-state index in [-0.39, 0.29) is 11.1 Å². The third-order valence-electron chi connectivity index (χ3n) is 3.75. The van der Waals surface area contributed by atoms with Gasteiger partial charge in [-0.1, -0.05) is 23.7 Å². The van der Waals surface area contributed by atoms with Crippen LogP contribution < -0.4 is 5.56 Å². The molecule has 0 unspecified atom stereocenters. The minimum absolute atomic E-state index is 0.234. The third kappa shape index (κ3) is 3.59. The summed E-state index contributed by atoms with van der Waals surface area (Å²) in [7, 11) is 0. The number of nitrogens with one attached hydrogen (secondary N) is 1. The van der Waals surface area contributed by atoms with Crippen molar-refractivity contribution in [2.45, 2.75) is 6.42 Å². The molecular weight excluding hydrogens is 346 g/mol. The highest BCUT2D eigenvalue weighted by molar-refractivity contribution is 6.30. The number of nitriles is 1. The molecule has 1 N–H and O–H groups in total. The summed E-state index contributed by atoms with van der Waals surface area (Å²) in [6, 6.07) is 12.3. The van der Waals surface area contributed by atoms with E-state index in [2.05, 4.69) is 4.98 Å². The second-order valence-electron chi connectivity index (χ2n) is 5.48. The van der Waals surface area contributed by atoms with Crippen LogP contribution in [-0.2, 0) is 6.42 Å². The van der Waals surface area contributed by atoms with Crippen molar-refractivity contribution in [3.05, 3.63) is 92.4 Å². The SMILES string of the molecule is N#Cc1c(F)cc(-c2c[nH]c(=O)c(Cc3cccc(Cl)c3)c2)cc1F. The summed E-state index contributed by atoms with van der Waals surface area (Å²) in [5.41, 5.74) is 1.03. The van der Waals surface area contributed by atoms with E-state index in [1.807, 2.05) is 6.07 Å². The van der Waals surface area contributed by atoms with Gasteiger partial charge in [-0.25, -0.2) is 8.78 Å². The van der Waals surface area contributed by atoms with Crippen LogP contribution in [0.2, 0.25) is 5.02 Å². The van der Waals surface area contributed by atoms with Gasteiger partial charge in [0, 0.05) is 23.2 Å². The highest BCUT2D eigenvalue weighted by Gasteiger charge is 2.13. The van der Waals surface area contributed by atoms with Gasteiger partial charge in [-0.2, -0.15) is 5.26 Å². The Bertz CT molecular complexity index is 1030. The molecule has 0 aliphatic heterocycles. The number of aromatic amines is 1. The summed E-state index contributed by atoms with van der Waals surface area (Å²) in [5.74, 6) is -1.89. The van der Waals surface area contributed by atoms with Crippen molar-refractivity contribution in [2.75, 3.05) is 0 Å². The van der Waals surface area contributed by atoms with Crippen molar-refractivity contribution in [2.24, 2.45) is 0 Å². The highest BCUT2D eigenvalue weighted by Crippen LogP contribution is 2.24. The molecule has 0 saturated carbocycles. The third-order valence-corrected chi connectivity index (χ3v) is 3.99. The standard InChI is InChI=1S/C19H11ClF2N2O/c20-15-3-1-2-11(5-15)4-13-6-14(10-24-19(13)25)12-7-17(21)16(9-23)18(22)8-12/h1-3,5-8,10H,4H2,(H,24,25). The van der Waals surface area contributed by atoms with E-state index < -0.39 is 17.2 Å². The molecule has 3 nitrogen and oxygen atoms in total. The van der Waals surface area contributed by atoms with Crippen LogP contribution in [0, 0.1) is 23.0 Å². The number of pyridine rings is 1. The lowest BCUT2D eigenvalue weighted by Crippen LogP contribution is -2.12. The Morgan fingerprint density at radius 2 is 1.80 bits per heavy atom. The maximum Gasteiger partial charge on any atom is 0.251 e. The molecule has 2 aromatic carbocycles. The fourth-order valence-corrected chi connectivity index (χ4v) is 2.76. The molecule has 1 heterocycles. The normalized spacial score (nSPS) is 10.5. The van der Waals surface area contributed by atoms with Crippen LogP contribution in [0.1, 0.15) is 16.7 Å². The quantitative estimate of drug-likeness (QED) is 0.754. The minimum atomic E-state index is -0.944. The van der Waals surface area contributed by atoms with E-state index in [1.165, 1.54) is 12.3 Å². The number of H-pyrrole nitrogens is 1. The van der Waals surface area contributed by atoms with Gasteiger partial charge in [-0.05, 0) is 47.0 Å². The zero-order chi connectivity index (χ0) is 18.0. The van der Waals surface area contributed by atoms with Gasteiger partial charge >= 0.3 is 0 Å². The zero-order valence-corrected chi connectivity index (χ0v) is 13.6. The Morgan fingerprint density at radius 1 is 1.08 bits per heavy atom. The highest BCUT2D eigenvalue weighted by atomic mass is 35.5. The predicted molar refractivity (Wildman–Crippen MR) is 91.4 cm³/mol. The van der Waals surface area contributed by atoms with Gasteiger partial charge < -0.3 is 4.98 Å². The maximum atomic E-state index is 13.8. The minimum Gasteiger partial charge on any atom is -0.328 e. The summed E-state index contributed by atoms with van der Waals surface area (Å²) < 4.78 is 27.6. The predicted octanol–water partition coefficient (Wildman–Crippen LogP) is 4.44. The van der Waals surface area contributed by atoms with Crippen molar-refractivity contribution in [1.29, 1.82) is 5.26 Å². The first-order valence-electron chi connectivity index (χ1n) is 7.33. The monoisotopic (exact) mass is 356 g/mol. The maximum absolute atomic E-state index is 13.8. The van der Waals surface area contributed by atoms with Crippen LogP contribution in [0.3, 0.4) is 0 Å². The van der Waals surface area contributed by atoms with E-state index >= 15 is 0 Å². The van der Waals surface area contributed by atoms with Gasteiger partial charge in [-0.3, -0.25) is 4.79 Å². The average Bonchev–Trinajstić information content (AvgIpc) is 2.56. The summed E-state index contributed by atoms with van der Waals surface area (Å²) in [6.45, 7) is 0. The topological polar surface area (TPSA) is 56.6 Å². The Labute approximate surface area is 147 Å². The van der Waals surface area contributed by atoms with Crippen molar-refractivity contribution in [3.8, 4) is 17.2 Å². The first-order valence-corrected chi connectivity index (χ1v) is 7.71. The molecule has 0 aliphatic carbocycles. The van der Waals surface area contributed by atoms with Gasteiger partial charge in [0.15, 0.2) is 0 Å². The molecule has 3 aromatic rings. The first-order chi connectivity index (χ1) is 12.0. The number of hydrogen-bond donors (Lipinski definition) is 1. The van der Waals surface area contributed by atoms with Gasteiger partial charge in [0.2, 0.25) is 0 Å². The number of nitrogens with zero attached hydrogens (tertiary/aromatic N) is 1. The molecule has 0 aliphatic rings. The molecule has 124 valence electrons. The molecule has 0 saturated heterocycles. The lowest BCUT2D eigenvalue weighted by Gasteiger charge is -2.07. The summed E-state index contributed by atoms with van der Waals surface area (Å²) in [4.78, 5) is 14.6. The molecule has 0 fully saturated rings. The van der Waals surface area contributed by atoms with Crippen molar-refractivity contribution in [3.63, 3.8) is 0 Å². The Hall–Kier alpha value is -2.97. The largest absolute Gasteiger partial charge is 0.328 e. The molecule has 3 rings (SSSR count). The molecule has 0 spiro atoms. The Kier molecular flexibility index (Phi) is 4.64. The number of aromatic nitrogens is 1. The lowest BCUT2D eigenvalue weighted by molar-refractivity contribution is 0.577. The van der Waals surface area contributed by atoms with Crippen LogP contribution >= 0.6 is 11.6 Å². The van der Waals surface area contributed by atoms with E-state index in [9.17, 15) is 13.6 Å². The average molecular weight is 357 g/mol. The van der Waals surface area contributed by atoms with Gasteiger partial charge in [0.25, 0.3) is 5.56 Å². The first kappa shape index (κ1) is 16.9. The smallest absolute Gasteiger partial charge is 0.251 e. The fraction of sp³-hybridized carbons (Fsp3) is 0.0526. The summed E-state index contributed by atoms with van der Waals surface area (Å²) in [5, 5.41) is 9.30. The lowest BCUT2D eigenvalue weighted by atomic mass is 10.0. The summed E-state index contributed by atoms with van der Waals surface area (Å²) in [6.07, 6.45) is 1.70. The van der Waals surface area contributed by atoms with E-state index in [4.69, 9.17) is 16.9 Å². The summed E-state index contributed by atoms with van der Waals surface area (Å²) >= 11 is 5.95. The Balaban J connectivity index is 2.03. The van der Waals surface area contributed by atoms with Crippen molar-refractivity contribution >= 4 is 11.6 Å². The Morgan fingerprint density at radius 3 is 2.44 bits per heavy atom. The second-order valence-corrected chi connectivity index (χ2v) is 5.91. The fourth-order valence-electron chi connectivity index (χ4n) is 2.54. The molecule has 6 heteroatoms. The van der Waals surface area contributed by atoms with Crippen molar-refractivity contribution < 1.29 is 8.78 Å². The van der Waals surface area contributed by atoms with E-state index in [0.717, 1.165) is 17.7 Å². The van der Waals surface area contributed by atoms with Gasteiger partial charge in [0.1, 0.15) is 23.3 Å².